The number of aryl methyl sites for hydroxylation is 1. The second-order valence-electron chi connectivity index (χ2n) is 4.41. The van der Waals surface area contributed by atoms with E-state index in [1.807, 2.05) is 19.2 Å². The van der Waals surface area contributed by atoms with Gasteiger partial charge in [0.2, 0.25) is 0 Å². The zero-order valence-electron chi connectivity index (χ0n) is 9.32. The minimum Gasteiger partial charge on any atom is -0.314 e. The van der Waals surface area contributed by atoms with Crippen molar-refractivity contribution in [3.63, 3.8) is 0 Å². The molecule has 0 radical (unpaired) electrons. The van der Waals surface area contributed by atoms with E-state index in [2.05, 4.69) is 32.2 Å². The molecule has 78 valence electrons. The first kappa shape index (κ1) is 11.5. The van der Waals surface area contributed by atoms with Crippen molar-refractivity contribution < 1.29 is 0 Å². The van der Waals surface area contributed by atoms with E-state index in [4.69, 9.17) is 11.6 Å². The van der Waals surface area contributed by atoms with Crippen LogP contribution in [0.3, 0.4) is 0 Å². The maximum absolute atomic E-state index is 6.13. The molecule has 2 heteroatoms. The molecule has 0 aliphatic rings. The number of rotatable bonds is 3. The van der Waals surface area contributed by atoms with Crippen LogP contribution in [-0.4, -0.2) is 12.6 Å². The molecule has 0 spiro atoms. The number of hydrogen-bond acceptors (Lipinski definition) is 1. The SMILES string of the molecule is CNC(C)(C)Cc1cc(C)ccc1Cl. The van der Waals surface area contributed by atoms with E-state index in [0.29, 0.717) is 0 Å². The van der Waals surface area contributed by atoms with Gasteiger partial charge < -0.3 is 5.32 Å². The van der Waals surface area contributed by atoms with Gasteiger partial charge in [0.05, 0.1) is 0 Å². The van der Waals surface area contributed by atoms with Gasteiger partial charge in [0, 0.05) is 10.6 Å². The van der Waals surface area contributed by atoms with Crippen LogP contribution < -0.4 is 5.32 Å². The third kappa shape index (κ3) is 3.00. The van der Waals surface area contributed by atoms with Gasteiger partial charge in [-0.15, -0.1) is 0 Å². The molecule has 0 fully saturated rings. The molecule has 1 rings (SSSR count). The summed E-state index contributed by atoms with van der Waals surface area (Å²) in [6, 6.07) is 6.16. The van der Waals surface area contributed by atoms with Crippen LogP contribution in [0.2, 0.25) is 5.02 Å². The summed E-state index contributed by atoms with van der Waals surface area (Å²) >= 11 is 6.13. The van der Waals surface area contributed by atoms with Crippen LogP contribution >= 0.6 is 11.6 Å². The Morgan fingerprint density at radius 1 is 1.36 bits per heavy atom. The summed E-state index contributed by atoms with van der Waals surface area (Å²) < 4.78 is 0. The van der Waals surface area contributed by atoms with Crippen molar-refractivity contribution in [1.82, 2.24) is 5.32 Å². The van der Waals surface area contributed by atoms with E-state index in [-0.39, 0.29) is 5.54 Å². The summed E-state index contributed by atoms with van der Waals surface area (Å²) in [6.45, 7) is 6.43. The topological polar surface area (TPSA) is 12.0 Å². The Labute approximate surface area is 91.5 Å². The highest BCUT2D eigenvalue weighted by Gasteiger charge is 2.16. The molecule has 0 aliphatic heterocycles. The second-order valence-corrected chi connectivity index (χ2v) is 4.81. The molecule has 1 nitrogen and oxygen atoms in total. The highest BCUT2D eigenvalue weighted by atomic mass is 35.5. The Hall–Kier alpha value is -0.530. The van der Waals surface area contributed by atoms with Crippen LogP contribution in [0.1, 0.15) is 25.0 Å². The minimum absolute atomic E-state index is 0.0947. The van der Waals surface area contributed by atoms with Gasteiger partial charge in [-0.2, -0.15) is 0 Å². The minimum atomic E-state index is 0.0947. The molecule has 0 atom stereocenters. The van der Waals surface area contributed by atoms with Gasteiger partial charge in [-0.05, 0) is 45.9 Å². The molecule has 0 amide bonds. The van der Waals surface area contributed by atoms with Crippen LogP contribution in [0.5, 0.6) is 0 Å². The lowest BCUT2D eigenvalue weighted by atomic mass is 9.94. The van der Waals surface area contributed by atoms with Crippen molar-refractivity contribution in [3.8, 4) is 0 Å². The van der Waals surface area contributed by atoms with Gasteiger partial charge in [0.25, 0.3) is 0 Å². The monoisotopic (exact) mass is 211 g/mol. The van der Waals surface area contributed by atoms with E-state index in [9.17, 15) is 0 Å². The molecule has 0 saturated carbocycles. The molecular weight excluding hydrogens is 194 g/mol. The molecule has 0 heterocycles. The molecule has 0 saturated heterocycles. The molecular formula is C12H18ClN. The quantitative estimate of drug-likeness (QED) is 0.810. The third-order valence-corrected chi connectivity index (χ3v) is 2.88. The molecule has 0 aliphatic carbocycles. The number of hydrogen-bond donors (Lipinski definition) is 1. The predicted octanol–water partition coefficient (Wildman–Crippen LogP) is 3.19. The standard InChI is InChI=1S/C12H18ClN/c1-9-5-6-11(13)10(7-9)8-12(2,3)14-4/h5-7,14H,8H2,1-4H3. The van der Waals surface area contributed by atoms with E-state index in [1.54, 1.807) is 0 Å². The molecule has 14 heavy (non-hydrogen) atoms. The lowest BCUT2D eigenvalue weighted by molar-refractivity contribution is 0.422. The van der Waals surface area contributed by atoms with E-state index in [0.717, 1.165) is 11.4 Å². The van der Waals surface area contributed by atoms with Crippen molar-refractivity contribution in [3.05, 3.63) is 34.3 Å². The summed E-state index contributed by atoms with van der Waals surface area (Å²) in [5.41, 5.74) is 2.57. The molecule has 1 aromatic rings. The average Bonchev–Trinajstić information content (AvgIpc) is 2.11. The Morgan fingerprint density at radius 2 is 2.00 bits per heavy atom. The van der Waals surface area contributed by atoms with Gasteiger partial charge in [0.15, 0.2) is 0 Å². The van der Waals surface area contributed by atoms with Crippen LogP contribution in [0.25, 0.3) is 0 Å². The number of halogens is 1. The Kier molecular flexibility index (Phi) is 3.57. The third-order valence-electron chi connectivity index (χ3n) is 2.51. The normalized spacial score (nSPS) is 11.8. The molecule has 1 N–H and O–H groups in total. The van der Waals surface area contributed by atoms with Gasteiger partial charge in [-0.1, -0.05) is 29.3 Å². The lowest BCUT2D eigenvalue weighted by Crippen LogP contribution is -2.38. The first-order chi connectivity index (χ1) is 6.44. The van der Waals surface area contributed by atoms with Gasteiger partial charge in [-0.25, -0.2) is 0 Å². The summed E-state index contributed by atoms with van der Waals surface area (Å²) in [7, 11) is 1.98. The average molecular weight is 212 g/mol. The number of likely N-dealkylation sites (N-methyl/N-ethyl adjacent to an activating group) is 1. The largest absolute Gasteiger partial charge is 0.314 e. The summed E-state index contributed by atoms with van der Waals surface area (Å²) in [6.07, 6.45) is 0.948. The van der Waals surface area contributed by atoms with E-state index >= 15 is 0 Å². The Balaban J connectivity index is 2.91. The lowest BCUT2D eigenvalue weighted by Gasteiger charge is -2.24. The number of nitrogens with one attached hydrogen (secondary N) is 1. The van der Waals surface area contributed by atoms with Crippen molar-refractivity contribution >= 4 is 11.6 Å². The van der Waals surface area contributed by atoms with Gasteiger partial charge in [0.1, 0.15) is 0 Å². The van der Waals surface area contributed by atoms with Crippen molar-refractivity contribution in [1.29, 1.82) is 0 Å². The van der Waals surface area contributed by atoms with Crippen molar-refractivity contribution in [2.75, 3.05) is 7.05 Å². The fourth-order valence-electron chi connectivity index (χ4n) is 1.40. The van der Waals surface area contributed by atoms with E-state index < -0.39 is 0 Å². The first-order valence-electron chi connectivity index (χ1n) is 4.88. The highest BCUT2D eigenvalue weighted by molar-refractivity contribution is 6.31. The van der Waals surface area contributed by atoms with E-state index in [1.165, 1.54) is 11.1 Å². The molecule has 1 aromatic carbocycles. The maximum atomic E-state index is 6.13. The zero-order valence-corrected chi connectivity index (χ0v) is 10.1. The maximum Gasteiger partial charge on any atom is 0.0438 e. The molecule has 0 bridgehead atoms. The summed E-state index contributed by atoms with van der Waals surface area (Å²) in [5.74, 6) is 0. The molecule has 0 aromatic heterocycles. The zero-order chi connectivity index (χ0) is 10.8. The predicted molar refractivity (Wildman–Crippen MR) is 63.0 cm³/mol. The Morgan fingerprint density at radius 3 is 2.57 bits per heavy atom. The van der Waals surface area contributed by atoms with Crippen molar-refractivity contribution in [2.24, 2.45) is 0 Å². The first-order valence-corrected chi connectivity index (χ1v) is 5.26. The second kappa shape index (κ2) is 4.33. The smallest absolute Gasteiger partial charge is 0.0438 e. The van der Waals surface area contributed by atoms with Crippen molar-refractivity contribution in [2.45, 2.75) is 32.7 Å². The summed E-state index contributed by atoms with van der Waals surface area (Å²) in [5, 5.41) is 4.14. The van der Waals surface area contributed by atoms with Crippen LogP contribution in [0.15, 0.2) is 18.2 Å². The fraction of sp³-hybridized carbons (Fsp3) is 0.500. The summed E-state index contributed by atoms with van der Waals surface area (Å²) in [4.78, 5) is 0. The number of benzene rings is 1. The van der Waals surface area contributed by atoms with Gasteiger partial charge >= 0.3 is 0 Å². The highest BCUT2D eigenvalue weighted by Crippen LogP contribution is 2.22. The van der Waals surface area contributed by atoms with Crippen LogP contribution in [-0.2, 0) is 6.42 Å². The van der Waals surface area contributed by atoms with Crippen LogP contribution in [0, 0.1) is 6.92 Å². The Bertz CT molecular complexity index is 318. The molecule has 0 unspecified atom stereocenters. The van der Waals surface area contributed by atoms with Gasteiger partial charge in [-0.3, -0.25) is 0 Å². The fourth-order valence-corrected chi connectivity index (χ4v) is 1.59. The van der Waals surface area contributed by atoms with Crippen LogP contribution in [0.4, 0.5) is 0 Å².